The highest BCUT2D eigenvalue weighted by molar-refractivity contribution is 7.89. The summed E-state index contributed by atoms with van der Waals surface area (Å²) in [5.74, 6) is 1.79. The predicted octanol–water partition coefficient (Wildman–Crippen LogP) is 0.522. The Morgan fingerprint density at radius 2 is 1.95 bits per heavy atom. The fourth-order valence-electron chi connectivity index (χ4n) is 2.66. The van der Waals surface area contributed by atoms with Gasteiger partial charge < -0.3 is 4.90 Å². The van der Waals surface area contributed by atoms with Gasteiger partial charge in [0.1, 0.15) is 10.7 Å². The van der Waals surface area contributed by atoms with Gasteiger partial charge in [0, 0.05) is 38.9 Å². The van der Waals surface area contributed by atoms with Crippen molar-refractivity contribution in [3.05, 3.63) is 18.3 Å². The van der Waals surface area contributed by atoms with Gasteiger partial charge in [-0.3, -0.25) is 4.90 Å². The van der Waals surface area contributed by atoms with Crippen molar-refractivity contribution in [1.29, 1.82) is 0 Å². The molecule has 1 saturated carbocycles. The van der Waals surface area contributed by atoms with Crippen LogP contribution < -0.4 is 9.62 Å². The third-order valence-corrected chi connectivity index (χ3v) is 5.61. The molecule has 3 rings (SSSR count). The summed E-state index contributed by atoms with van der Waals surface area (Å²) in [6, 6.07) is 3.41. The largest absolute Gasteiger partial charge is 0.354 e. The minimum absolute atomic E-state index is 0.209. The Morgan fingerprint density at radius 1 is 1.24 bits per heavy atom. The molecule has 2 heterocycles. The normalized spacial score (nSPS) is 20.7. The van der Waals surface area contributed by atoms with Gasteiger partial charge in [-0.15, -0.1) is 0 Å². The highest BCUT2D eigenvalue weighted by atomic mass is 32.2. The van der Waals surface area contributed by atoms with Crippen LogP contribution in [0, 0.1) is 5.92 Å². The Hall–Kier alpha value is -1.18. The Bertz CT molecular complexity index is 575. The zero-order chi connectivity index (χ0) is 14.9. The van der Waals surface area contributed by atoms with Crippen molar-refractivity contribution in [3.8, 4) is 0 Å². The van der Waals surface area contributed by atoms with E-state index in [9.17, 15) is 8.42 Å². The van der Waals surface area contributed by atoms with Crippen LogP contribution in [0.1, 0.15) is 12.8 Å². The van der Waals surface area contributed by atoms with Gasteiger partial charge in [-0.25, -0.2) is 18.1 Å². The molecule has 0 unspecified atom stereocenters. The predicted molar refractivity (Wildman–Crippen MR) is 81.9 cm³/mol. The molecular weight excluding hydrogens is 288 g/mol. The van der Waals surface area contributed by atoms with Gasteiger partial charge in [0.2, 0.25) is 10.0 Å². The first-order chi connectivity index (χ1) is 10.1. The van der Waals surface area contributed by atoms with E-state index in [1.165, 1.54) is 32.6 Å². The summed E-state index contributed by atoms with van der Waals surface area (Å²) in [5, 5.41) is 0. The molecule has 0 atom stereocenters. The van der Waals surface area contributed by atoms with E-state index in [0.29, 0.717) is 0 Å². The van der Waals surface area contributed by atoms with Crippen LogP contribution in [0.4, 0.5) is 5.82 Å². The molecule has 2 aliphatic rings. The van der Waals surface area contributed by atoms with Crippen LogP contribution >= 0.6 is 0 Å². The van der Waals surface area contributed by atoms with Gasteiger partial charge in [-0.1, -0.05) is 0 Å². The lowest BCUT2D eigenvalue weighted by atomic mass is 10.2. The highest BCUT2D eigenvalue weighted by Crippen LogP contribution is 2.30. The van der Waals surface area contributed by atoms with Gasteiger partial charge in [0.25, 0.3) is 0 Å². The van der Waals surface area contributed by atoms with Crippen molar-refractivity contribution in [2.75, 3.05) is 44.7 Å². The summed E-state index contributed by atoms with van der Waals surface area (Å²) in [7, 11) is -2.00. The molecule has 1 saturated heterocycles. The first kappa shape index (κ1) is 14.7. The van der Waals surface area contributed by atoms with Crippen molar-refractivity contribution in [2.24, 2.45) is 5.92 Å². The van der Waals surface area contributed by atoms with E-state index in [1.807, 2.05) is 0 Å². The van der Waals surface area contributed by atoms with Crippen LogP contribution in [0.3, 0.4) is 0 Å². The summed E-state index contributed by atoms with van der Waals surface area (Å²) >= 11 is 0. The van der Waals surface area contributed by atoms with E-state index < -0.39 is 10.0 Å². The fourth-order valence-corrected chi connectivity index (χ4v) is 3.34. The SMILES string of the molecule is CNS(=O)(=O)c1ccc(N2CCN(CC3CC3)CC2)nc1. The van der Waals surface area contributed by atoms with E-state index >= 15 is 0 Å². The first-order valence-corrected chi connectivity index (χ1v) is 8.94. The molecule has 7 heteroatoms. The lowest BCUT2D eigenvalue weighted by Gasteiger charge is -2.35. The van der Waals surface area contributed by atoms with Crippen molar-refractivity contribution >= 4 is 15.8 Å². The second-order valence-corrected chi connectivity index (χ2v) is 7.68. The molecule has 0 radical (unpaired) electrons. The summed E-state index contributed by atoms with van der Waals surface area (Å²) in [4.78, 5) is 9.26. The molecule has 2 fully saturated rings. The van der Waals surface area contributed by atoms with Crippen molar-refractivity contribution < 1.29 is 8.42 Å². The number of aromatic nitrogens is 1. The van der Waals surface area contributed by atoms with Crippen LogP contribution in [-0.4, -0.2) is 58.1 Å². The maximum atomic E-state index is 11.7. The van der Waals surface area contributed by atoms with E-state index in [4.69, 9.17) is 0 Å². The monoisotopic (exact) mass is 310 g/mol. The standard InChI is InChI=1S/C14H22N4O2S/c1-15-21(19,20)13-4-5-14(16-10-13)18-8-6-17(7-9-18)11-12-2-3-12/h4-5,10,12,15H,2-3,6-9,11H2,1H3. The number of nitrogens with zero attached hydrogens (tertiary/aromatic N) is 3. The number of hydrogen-bond donors (Lipinski definition) is 1. The van der Waals surface area contributed by atoms with E-state index in [1.54, 1.807) is 12.1 Å². The number of nitrogens with one attached hydrogen (secondary N) is 1. The zero-order valence-corrected chi connectivity index (χ0v) is 13.1. The smallest absolute Gasteiger partial charge is 0.241 e. The van der Waals surface area contributed by atoms with E-state index in [2.05, 4.69) is 19.5 Å². The summed E-state index contributed by atoms with van der Waals surface area (Å²) in [5.41, 5.74) is 0. The Kier molecular flexibility index (Phi) is 4.14. The first-order valence-electron chi connectivity index (χ1n) is 7.45. The van der Waals surface area contributed by atoms with Gasteiger partial charge >= 0.3 is 0 Å². The Balaban J connectivity index is 1.60. The quantitative estimate of drug-likeness (QED) is 0.859. The Labute approximate surface area is 126 Å². The van der Waals surface area contributed by atoms with Crippen molar-refractivity contribution in [1.82, 2.24) is 14.6 Å². The second-order valence-electron chi connectivity index (χ2n) is 5.79. The molecule has 0 aromatic carbocycles. The molecule has 116 valence electrons. The highest BCUT2D eigenvalue weighted by Gasteiger charge is 2.26. The zero-order valence-electron chi connectivity index (χ0n) is 12.3. The molecule has 1 N–H and O–H groups in total. The maximum Gasteiger partial charge on any atom is 0.241 e. The molecule has 0 bridgehead atoms. The lowest BCUT2D eigenvalue weighted by Crippen LogP contribution is -2.47. The molecule has 21 heavy (non-hydrogen) atoms. The van der Waals surface area contributed by atoms with Crippen molar-refractivity contribution in [2.45, 2.75) is 17.7 Å². The topological polar surface area (TPSA) is 65.5 Å². The third kappa shape index (κ3) is 3.53. The molecule has 0 amide bonds. The molecule has 1 aliphatic carbocycles. The molecule has 1 aliphatic heterocycles. The number of piperazine rings is 1. The summed E-state index contributed by atoms with van der Waals surface area (Å²) < 4.78 is 25.6. The number of anilines is 1. The molecule has 6 nitrogen and oxygen atoms in total. The number of sulfonamides is 1. The summed E-state index contributed by atoms with van der Waals surface area (Å²) in [6.45, 7) is 5.28. The van der Waals surface area contributed by atoms with Crippen LogP contribution in [-0.2, 0) is 10.0 Å². The molecule has 0 spiro atoms. The van der Waals surface area contributed by atoms with Crippen LogP contribution in [0.2, 0.25) is 0 Å². The maximum absolute atomic E-state index is 11.7. The number of pyridine rings is 1. The lowest BCUT2D eigenvalue weighted by molar-refractivity contribution is 0.247. The average Bonchev–Trinajstić information content (AvgIpc) is 3.32. The average molecular weight is 310 g/mol. The third-order valence-electron chi connectivity index (χ3n) is 4.21. The molecule has 1 aromatic heterocycles. The number of rotatable bonds is 5. The van der Waals surface area contributed by atoms with Gasteiger partial charge in [0.15, 0.2) is 0 Å². The minimum atomic E-state index is -3.40. The van der Waals surface area contributed by atoms with Gasteiger partial charge in [-0.05, 0) is 37.9 Å². The van der Waals surface area contributed by atoms with E-state index in [-0.39, 0.29) is 4.90 Å². The molecular formula is C14H22N4O2S. The van der Waals surface area contributed by atoms with Crippen LogP contribution in [0.25, 0.3) is 0 Å². The summed E-state index contributed by atoms with van der Waals surface area (Å²) in [6.07, 6.45) is 4.21. The second kappa shape index (κ2) is 5.90. The van der Waals surface area contributed by atoms with Gasteiger partial charge in [0.05, 0.1) is 0 Å². The minimum Gasteiger partial charge on any atom is -0.354 e. The Morgan fingerprint density at radius 3 is 2.48 bits per heavy atom. The van der Waals surface area contributed by atoms with E-state index in [0.717, 1.165) is 37.9 Å². The number of hydrogen-bond acceptors (Lipinski definition) is 5. The van der Waals surface area contributed by atoms with Gasteiger partial charge in [-0.2, -0.15) is 0 Å². The van der Waals surface area contributed by atoms with Crippen molar-refractivity contribution in [3.63, 3.8) is 0 Å². The van der Waals surface area contributed by atoms with Crippen LogP contribution in [0.5, 0.6) is 0 Å². The van der Waals surface area contributed by atoms with Crippen LogP contribution in [0.15, 0.2) is 23.2 Å². The fraction of sp³-hybridized carbons (Fsp3) is 0.643. The molecule has 1 aromatic rings.